The largest absolute Gasteiger partial charge is 0.438 e. The molecule has 0 aliphatic carbocycles. The van der Waals surface area contributed by atoms with Crippen molar-refractivity contribution in [1.29, 1.82) is 0 Å². The number of ether oxygens (including phenoxy) is 1. The number of amides is 2. The fourth-order valence-electron chi connectivity index (χ4n) is 3.07. The second-order valence-corrected chi connectivity index (χ2v) is 7.09. The lowest BCUT2D eigenvalue weighted by atomic mass is 10.2. The van der Waals surface area contributed by atoms with Gasteiger partial charge < -0.3 is 15.4 Å². The molecule has 2 aromatic heterocycles. The molecule has 0 aliphatic rings. The second kappa shape index (κ2) is 8.66. The number of benzene rings is 2. The van der Waals surface area contributed by atoms with Crippen molar-refractivity contribution in [1.82, 2.24) is 20.0 Å². The van der Waals surface area contributed by atoms with Gasteiger partial charge in [-0.05, 0) is 68.8 Å². The van der Waals surface area contributed by atoms with Crippen molar-refractivity contribution >= 4 is 17.4 Å². The Bertz CT molecular complexity index is 1200. The van der Waals surface area contributed by atoms with Gasteiger partial charge in [-0.25, -0.2) is 9.48 Å². The molecule has 0 radical (unpaired) electrons. The highest BCUT2D eigenvalue weighted by Crippen LogP contribution is 2.22. The van der Waals surface area contributed by atoms with Crippen LogP contribution in [0.25, 0.3) is 5.82 Å². The van der Waals surface area contributed by atoms with Gasteiger partial charge in [-0.3, -0.25) is 0 Å². The zero-order valence-electron chi connectivity index (χ0n) is 17.5. The van der Waals surface area contributed by atoms with E-state index in [1.54, 1.807) is 41.1 Å². The number of para-hydroxylation sites is 1. The summed E-state index contributed by atoms with van der Waals surface area (Å²) in [4.78, 5) is 12.2. The van der Waals surface area contributed by atoms with Crippen LogP contribution in [0.5, 0.6) is 11.6 Å². The van der Waals surface area contributed by atoms with E-state index in [4.69, 9.17) is 4.74 Å². The van der Waals surface area contributed by atoms with E-state index in [0.717, 1.165) is 22.6 Å². The van der Waals surface area contributed by atoms with Crippen LogP contribution in [0.15, 0.2) is 66.7 Å². The lowest BCUT2D eigenvalue weighted by Gasteiger charge is -2.10. The normalized spacial score (nSPS) is 10.5. The fraction of sp³-hybridized carbons (Fsp3) is 0.130. The number of aryl methyl sites for hydroxylation is 3. The van der Waals surface area contributed by atoms with Crippen LogP contribution in [0.4, 0.5) is 16.2 Å². The molecule has 156 valence electrons. The lowest BCUT2D eigenvalue weighted by Crippen LogP contribution is -2.19. The lowest BCUT2D eigenvalue weighted by molar-refractivity contribution is 0.262. The van der Waals surface area contributed by atoms with E-state index in [9.17, 15) is 4.79 Å². The van der Waals surface area contributed by atoms with Gasteiger partial charge >= 0.3 is 6.03 Å². The van der Waals surface area contributed by atoms with Crippen LogP contribution >= 0.6 is 0 Å². The number of carbonyl (C=O) groups excluding carboxylic acids is 1. The number of carbonyl (C=O) groups is 1. The molecule has 2 heterocycles. The maximum Gasteiger partial charge on any atom is 0.323 e. The molecule has 31 heavy (non-hydrogen) atoms. The predicted molar refractivity (Wildman–Crippen MR) is 119 cm³/mol. The molecule has 0 saturated carbocycles. The molecule has 4 aromatic rings. The van der Waals surface area contributed by atoms with E-state index < -0.39 is 0 Å². The third kappa shape index (κ3) is 4.87. The molecule has 0 spiro atoms. The molecule has 8 nitrogen and oxygen atoms in total. The van der Waals surface area contributed by atoms with Crippen LogP contribution in [0.2, 0.25) is 0 Å². The summed E-state index contributed by atoms with van der Waals surface area (Å²) in [5.74, 6) is 1.57. The topological polar surface area (TPSA) is 94.0 Å². The van der Waals surface area contributed by atoms with Crippen molar-refractivity contribution in [3.63, 3.8) is 0 Å². The smallest absolute Gasteiger partial charge is 0.323 e. The molecule has 0 bridgehead atoms. The van der Waals surface area contributed by atoms with E-state index in [-0.39, 0.29) is 6.03 Å². The predicted octanol–water partition coefficient (Wildman–Crippen LogP) is 5.02. The highest BCUT2D eigenvalue weighted by Gasteiger charge is 2.08. The summed E-state index contributed by atoms with van der Waals surface area (Å²) >= 11 is 0. The van der Waals surface area contributed by atoms with Crippen molar-refractivity contribution in [3.8, 4) is 17.4 Å². The Morgan fingerprint density at radius 2 is 1.68 bits per heavy atom. The zero-order chi connectivity index (χ0) is 21.8. The summed E-state index contributed by atoms with van der Waals surface area (Å²) in [6.45, 7) is 5.83. The molecule has 8 heteroatoms. The number of rotatable bonds is 5. The summed E-state index contributed by atoms with van der Waals surface area (Å²) in [5.41, 5.74) is 4.30. The Hall–Kier alpha value is -4.20. The van der Waals surface area contributed by atoms with Gasteiger partial charge in [0, 0.05) is 23.1 Å². The van der Waals surface area contributed by atoms with E-state index in [0.29, 0.717) is 23.1 Å². The van der Waals surface area contributed by atoms with Crippen molar-refractivity contribution in [2.24, 2.45) is 0 Å². The van der Waals surface area contributed by atoms with Gasteiger partial charge in [0.1, 0.15) is 5.75 Å². The van der Waals surface area contributed by atoms with E-state index in [1.807, 2.05) is 51.1 Å². The molecule has 2 amide bonds. The van der Waals surface area contributed by atoms with Gasteiger partial charge in [-0.15, -0.1) is 10.2 Å². The highest BCUT2D eigenvalue weighted by molar-refractivity contribution is 6.00. The van der Waals surface area contributed by atoms with Crippen molar-refractivity contribution in [3.05, 3.63) is 83.7 Å². The number of anilines is 2. The SMILES string of the molecule is Cc1cc(C)n(-c2ccc(Oc3ccc(NC(=O)Nc4ccccc4C)cc3)nn2)n1. The average Bonchev–Trinajstić information content (AvgIpc) is 3.10. The molecule has 0 atom stereocenters. The minimum absolute atomic E-state index is 0.312. The summed E-state index contributed by atoms with van der Waals surface area (Å²) in [6, 6.07) is 19.8. The summed E-state index contributed by atoms with van der Waals surface area (Å²) < 4.78 is 7.48. The van der Waals surface area contributed by atoms with Gasteiger partial charge in [0.05, 0.1) is 5.69 Å². The van der Waals surface area contributed by atoms with Crippen LogP contribution in [0, 0.1) is 20.8 Å². The molecule has 0 fully saturated rings. The number of hydrogen-bond acceptors (Lipinski definition) is 5. The average molecular weight is 414 g/mol. The first-order valence-electron chi connectivity index (χ1n) is 9.77. The first-order chi connectivity index (χ1) is 15.0. The quantitative estimate of drug-likeness (QED) is 0.478. The summed E-state index contributed by atoms with van der Waals surface area (Å²) in [7, 11) is 0. The van der Waals surface area contributed by atoms with E-state index >= 15 is 0 Å². The monoisotopic (exact) mass is 414 g/mol. The third-order valence-electron chi connectivity index (χ3n) is 4.58. The van der Waals surface area contributed by atoms with Crippen molar-refractivity contribution in [2.45, 2.75) is 20.8 Å². The Morgan fingerprint density at radius 3 is 2.32 bits per heavy atom. The Balaban J connectivity index is 1.36. The van der Waals surface area contributed by atoms with Gasteiger partial charge in [0.2, 0.25) is 5.88 Å². The summed E-state index contributed by atoms with van der Waals surface area (Å²) in [6.07, 6.45) is 0. The minimum Gasteiger partial charge on any atom is -0.438 e. The molecule has 0 unspecified atom stereocenters. The molecule has 0 saturated heterocycles. The van der Waals surface area contributed by atoms with Crippen LogP contribution < -0.4 is 15.4 Å². The number of aromatic nitrogens is 4. The molecule has 2 N–H and O–H groups in total. The maximum atomic E-state index is 12.2. The van der Waals surface area contributed by atoms with Gasteiger partial charge in [-0.1, -0.05) is 18.2 Å². The van der Waals surface area contributed by atoms with Gasteiger partial charge in [0.15, 0.2) is 5.82 Å². The summed E-state index contributed by atoms with van der Waals surface area (Å²) in [5, 5.41) is 18.3. The molecule has 0 aliphatic heterocycles. The van der Waals surface area contributed by atoms with Crippen LogP contribution in [0.3, 0.4) is 0 Å². The Morgan fingerprint density at radius 1 is 0.903 bits per heavy atom. The molecular weight excluding hydrogens is 392 g/mol. The standard InChI is InChI=1S/C23H22N6O2/c1-15-6-4-5-7-20(15)25-23(30)24-18-8-10-19(11-9-18)31-22-13-12-21(26-27-22)29-17(3)14-16(2)28-29/h4-14H,1-3H3,(H2,24,25,30). The molecular formula is C23H22N6O2. The van der Waals surface area contributed by atoms with Gasteiger partial charge in [-0.2, -0.15) is 5.10 Å². The van der Waals surface area contributed by atoms with Crippen molar-refractivity contribution in [2.75, 3.05) is 10.6 Å². The first kappa shape index (κ1) is 20.1. The third-order valence-corrected chi connectivity index (χ3v) is 4.58. The first-order valence-corrected chi connectivity index (χ1v) is 9.77. The second-order valence-electron chi connectivity index (χ2n) is 7.09. The molecule has 2 aromatic carbocycles. The number of nitrogens with one attached hydrogen (secondary N) is 2. The minimum atomic E-state index is -0.312. The number of hydrogen-bond donors (Lipinski definition) is 2. The number of nitrogens with zero attached hydrogens (tertiary/aromatic N) is 4. The Kier molecular flexibility index (Phi) is 5.61. The van der Waals surface area contributed by atoms with E-state index in [2.05, 4.69) is 25.9 Å². The highest BCUT2D eigenvalue weighted by atomic mass is 16.5. The zero-order valence-corrected chi connectivity index (χ0v) is 17.5. The maximum absolute atomic E-state index is 12.2. The van der Waals surface area contributed by atoms with Crippen LogP contribution in [-0.2, 0) is 0 Å². The van der Waals surface area contributed by atoms with Crippen LogP contribution in [0.1, 0.15) is 17.0 Å². The molecule has 4 rings (SSSR count). The fourth-order valence-corrected chi connectivity index (χ4v) is 3.07. The number of urea groups is 1. The van der Waals surface area contributed by atoms with Crippen molar-refractivity contribution < 1.29 is 9.53 Å². The Labute approximate surface area is 179 Å². The van der Waals surface area contributed by atoms with Crippen LogP contribution in [-0.4, -0.2) is 26.0 Å². The van der Waals surface area contributed by atoms with E-state index in [1.165, 1.54) is 0 Å². The van der Waals surface area contributed by atoms with Gasteiger partial charge in [0.25, 0.3) is 0 Å².